The molecule has 52 heavy (non-hydrogen) atoms. The van der Waals surface area contributed by atoms with Gasteiger partial charge in [-0.25, -0.2) is 14.8 Å². The van der Waals surface area contributed by atoms with Crippen molar-refractivity contribution in [3.63, 3.8) is 0 Å². The van der Waals surface area contributed by atoms with Gasteiger partial charge in [-0.15, -0.1) is 0 Å². The summed E-state index contributed by atoms with van der Waals surface area (Å²) in [6.45, 7) is 0. The number of allylic oxidation sites excluding steroid dienone is 2. The largest absolute Gasteiger partial charge is 0.507 e. The SMILES string of the molecule is O=C(Nc1cccc(C(=O)N=C2C=Cc3c(O)cccc3C2S(=O)(=O)O)c1)Nc1cccc(C(=O)N=C2C=Cc3c(O)cccc3C2S(=O)(=O)O)c1. The standard InChI is InChI=1S/C35H26N4O11S2/c40-29-11-3-9-25-23(29)13-15-27(31(25)51(45,46)47)38-33(42)19-5-1-7-21(17-19)36-35(44)37-22-8-2-6-20(18-22)34(43)39-28-16-14-24-26(10-4-12-30(24)41)32(28)52(48,49)50/h1-18,31-32,40-41H,(H2,36,37,44)(H,45,46,47)(H,48,49,50). The Hall–Kier alpha value is -6.27. The third-order valence-corrected chi connectivity index (χ3v) is 10.2. The quantitative estimate of drug-likeness (QED) is 0.140. The van der Waals surface area contributed by atoms with Crippen molar-refractivity contribution in [1.29, 1.82) is 0 Å². The van der Waals surface area contributed by atoms with E-state index in [4.69, 9.17) is 0 Å². The molecule has 0 aliphatic heterocycles. The Labute approximate surface area is 295 Å². The Kier molecular flexibility index (Phi) is 9.44. The Balaban J connectivity index is 1.17. The molecular weight excluding hydrogens is 717 g/mol. The molecule has 4 aromatic rings. The van der Waals surface area contributed by atoms with Crippen LogP contribution in [0.2, 0.25) is 0 Å². The van der Waals surface area contributed by atoms with Gasteiger partial charge in [-0.1, -0.05) is 36.4 Å². The summed E-state index contributed by atoms with van der Waals surface area (Å²) in [5, 5.41) is 21.8. The molecule has 264 valence electrons. The van der Waals surface area contributed by atoms with Crippen molar-refractivity contribution in [2.24, 2.45) is 9.98 Å². The lowest BCUT2D eigenvalue weighted by molar-refractivity contribution is 0.0994. The van der Waals surface area contributed by atoms with Crippen LogP contribution in [-0.4, -0.2) is 65.4 Å². The van der Waals surface area contributed by atoms with Gasteiger partial charge in [0, 0.05) is 33.6 Å². The number of fused-ring (bicyclic) bond motifs is 2. The Morgan fingerprint density at radius 3 is 1.33 bits per heavy atom. The number of anilines is 2. The molecule has 2 aliphatic rings. The molecule has 0 spiro atoms. The zero-order valence-electron chi connectivity index (χ0n) is 26.4. The van der Waals surface area contributed by atoms with Gasteiger partial charge in [0.1, 0.15) is 11.5 Å². The summed E-state index contributed by atoms with van der Waals surface area (Å²) in [6.07, 6.45) is 5.13. The number of aromatic hydroxyl groups is 2. The number of carbonyl (C=O) groups is 3. The predicted molar refractivity (Wildman–Crippen MR) is 192 cm³/mol. The fraction of sp³-hybridized carbons (Fsp3) is 0.0571. The number of benzene rings is 4. The van der Waals surface area contributed by atoms with Gasteiger partial charge < -0.3 is 20.8 Å². The number of carbonyl (C=O) groups excluding carboxylic acids is 3. The molecule has 0 radical (unpaired) electrons. The third-order valence-electron chi connectivity index (χ3n) is 7.97. The van der Waals surface area contributed by atoms with E-state index in [9.17, 15) is 50.5 Å². The average Bonchev–Trinajstić information content (AvgIpc) is 3.07. The molecule has 0 aromatic heterocycles. The lowest BCUT2D eigenvalue weighted by atomic mass is 9.94. The lowest BCUT2D eigenvalue weighted by Gasteiger charge is -2.21. The maximum atomic E-state index is 13.1. The highest BCUT2D eigenvalue weighted by Gasteiger charge is 2.36. The number of hydrogen-bond donors (Lipinski definition) is 6. The number of nitrogens with one attached hydrogen (secondary N) is 2. The highest BCUT2D eigenvalue weighted by molar-refractivity contribution is 7.87. The summed E-state index contributed by atoms with van der Waals surface area (Å²) in [4.78, 5) is 46.9. The lowest BCUT2D eigenvalue weighted by Crippen LogP contribution is -2.24. The monoisotopic (exact) mass is 742 g/mol. The van der Waals surface area contributed by atoms with Crippen molar-refractivity contribution in [2.45, 2.75) is 10.5 Å². The van der Waals surface area contributed by atoms with E-state index >= 15 is 0 Å². The van der Waals surface area contributed by atoms with Crippen molar-refractivity contribution >= 4 is 73.0 Å². The van der Waals surface area contributed by atoms with Gasteiger partial charge in [-0.05, 0) is 84.0 Å². The molecule has 0 bridgehead atoms. The van der Waals surface area contributed by atoms with Crippen LogP contribution in [0.15, 0.2) is 107 Å². The first-order valence-electron chi connectivity index (χ1n) is 15.1. The van der Waals surface area contributed by atoms with Gasteiger partial charge in [-0.3, -0.25) is 18.7 Å². The number of hydrogen-bond acceptors (Lipinski definition) is 9. The molecule has 2 atom stereocenters. The molecule has 2 aliphatic carbocycles. The molecule has 4 amide bonds. The molecule has 4 aromatic carbocycles. The number of urea groups is 1. The van der Waals surface area contributed by atoms with Crippen LogP contribution in [0.1, 0.15) is 53.5 Å². The molecule has 6 N–H and O–H groups in total. The van der Waals surface area contributed by atoms with E-state index < -0.39 is 48.6 Å². The first kappa shape index (κ1) is 35.6. The highest BCUT2D eigenvalue weighted by Crippen LogP contribution is 2.38. The third kappa shape index (κ3) is 7.42. The first-order valence-corrected chi connectivity index (χ1v) is 18.1. The fourth-order valence-corrected chi connectivity index (χ4v) is 7.65. The first-order chi connectivity index (χ1) is 24.6. The van der Waals surface area contributed by atoms with Crippen LogP contribution in [0.25, 0.3) is 12.2 Å². The van der Waals surface area contributed by atoms with E-state index in [1.54, 1.807) is 0 Å². The number of rotatable bonds is 6. The van der Waals surface area contributed by atoms with Gasteiger partial charge in [0.2, 0.25) is 0 Å². The molecule has 17 heteroatoms. The van der Waals surface area contributed by atoms with E-state index in [2.05, 4.69) is 20.6 Å². The summed E-state index contributed by atoms with van der Waals surface area (Å²) >= 11 is 0. The zero-order chi connectivity index (χ0) is 37.4. The molecule has 0 fully saturated rings. The van der Waals surface area contributed by atoms with Gasteiger partial charge in [0.05, 0.1) is 11.4 Å². The number of phenolic OH excluding ortho intramolecular Hbond substituents is 2. The van der Waals surface area contributed by atoms with E-state index in [0.29, 0.717) is 0 Å². The maximum Gasteiger partial charge on any atom is 0.323 e. The minimum atomic E-state index is -4.81. The minimum Gasteiger partial charge on any atom is -0.507 e. The van der Waals surface area contributed by atoms with Crippen LogP contribution >= 0.6 is 0 Å². The van der Waals surface area contributed by atoms with Crippen LogP contribution < -0.4 is 10.6 Å². The smallest absolute Gasteiger partial charge is 0.323 e. The fourth-order valence-electron chi connectivity index (χ4n) is 5.73. The summed E-state index contributed by atoms with van der Waals surface area (Å²) < 4.78 is 69.0. The van der Waals surface area contributed by atoms with Crippen molar-refractivity contribution in [3.8, 4) is 11.5 Å². The second-order valence-electron chi connectivity index (χ2n) is 11.4. The van der Waals surface area contributed by atoms with Gasteiger partial charge in [0.25, 0.3) is 32.1 Å². The van der Waals surface area contributed by atoms with Crippen molar-refractivity contribution < 1.29 is 50.5 Å². The number of aliphatic imine (C=N–C) groups is 2. The summed E-state index contributed by atoms with van der Waals surface area (Å²) in [5.74, 6) is -2.23. The van der Waals surface area contributed by atoms with Crippen molar-refractivity contribution in [1.82, 2.24) is 0 Å². The number of amides is 4. The van der Waals surface area contributed by atoms with E-state index in [1.807, 2.05) is 0 Å². The van der Waals surface area contributed by atoms with Gasteiger partial charge in [-0.2, -0.15) is 16.8 Å². The number of nitrogens with zero attached hydrogens (tertiary/aromatic N) is 2. The van der Waals surface area contributed by atoms with E-state index in [-0.39, 0.29) is 67.7 Å². The van der Waals surface area contributed by atoms with Crippen LogP contribution in [-0.2, 0) is 20.2 Å². The van der Waals surface area contributed by atoms with Crippen LogP contribution in [0, 0.1) is 0 Å². The van der Waals surface area contributed by atoms with Crippen molar-refractivity contribution in [3.05, 3.63) is 130 Å². The van der Waals surface area contributed by atoms with E-state index in [0.717, 1.165) is 0 Å². The molecule has 0 heterocycles. The molecule has 2 unspecified atom stereocenters. The second kappa shape index (κ2) is 13.8. The molecule has 0 saturated carbocycles. The van der Waals surface area contributed by atoms with Gasteiger partial charge in [0.15, 0.2) is 10.5 Å². The molecule has 0 saturated heterocycles. The van der Waals surface area contributed by atoms with Gasteiger partial charge >= 0.3 is 6.03 Å². The summed E-state index contributed by atoms with van der Waals surface area (Å²) in [7, 11) is -9.62. The Morgan fingerprint density at radius 2 is 0.942 bits per heavy atom. The zero-order valence-corrected chi connectivity index (χ0v) is 28.0. The molecular formula is C35H26N4O11S2. The second-order valence-corrected chi connectivity index (χ2v) is 14.4. The predicted octanol–water partition coefficient (Wildman–Crippen LogP) is 5.22. The van der Waals surface area contributed by atoms with Crippen LogP contribution in [0.4, 0.5) is 16.2 Å². The summed E-state index contributed by atoms with van der Waals surface area (Å²) in [5.41, 5.74) is -0.0444. The highest BCUT2D eigenvalue weighted by atomic mass is 32.2. The van der Waals surface area contributed by atoms with E-state index in [1.165, 1.54) is 109 Å². The number of phenols is 2. The normalized spacial score (nSPS) is 18.0. The van der Waals surface area contributed by atoms with Crippen molar-refractivity contribution in [2.75, 3.05) is 10.6 Å². The van der Waals surface area contributed by atoms with Crippen LogP contribution in [0.5, 0.6) is 11.5 Å². The topological polar surface area (TPSA) is 249 Å². The Bertz CT molecular complexity index is 2350. The minimum absolute atomic E-state index is 0.0295. The van der Waals surface area contributed by atoms with Crippen LogP contribution in [0.3, 0.4) is 0 Å². The maximum absolute atomic E-state index is 13.1. The summed E-state index contributed by atoms with van der Waals surface area (Å²) in [6, 6.07) is 18.5. The molecule has 6 rings (SSSR count). The Morgan fingerprint density at radius 1 is 0.558 bits per heavy atom. The molecule has 15 nitrogen and oxygen atoms in total. The average molecular weight is 743 g/mol.